The Morgan fingerprint density at radius 2 is 2.06 bits per heavy atom. The normalized spacial score (nSPS) is 30.8. The highest BCUT2D eigenvalue weighted by Gasteiger charge is 2.38. The van der Waals surface area contributed by atoms with Crippen LogP contribution in [-0.2, 0) is 4.74 Å². The third-order valence-electron chi connectivity index (χ3n) is 4.14. The zero-order valence-electron chi connectivity index (χ0n) is 10.8. The van der Waals surface area contributed by atoms with Gasteiger partial charge in [0.25, 0.3) is 0 Å². The summed E-state index contributed by atoms with van der Waals surface area (Å²) in [6, 6.07) is 0. The Balaban J connectivity index is 1.51. The maximum atomic E-state index is 5.46. The Morgan fingerprint density at radius 1 is 1.28 bits per heavy atom. The fraction of sp³-hybridized carbons (Fsp3) is 0.923. The lowest BCUT2D eigenvalue weighted by Gasteiger charge is -2.32. The van der Waals surface area contributed by atoms with Crippen LogP contribution in [0.1, 0.15) is 25.7 Å². The van der Waals surface area contributed by atoms with Gasteiger partial charge in [-0.25, -0.2) is 0 Å². The van der Waals surface area contributed by atoms with E-state index in [2.05, 4.69) is 17.1 Å². The molecule has 3 heterocycles. The fourth-order valence-electron chi connectivity index (χ4n) is 2.76. The first kappa shape index (κ1) is 13.1. The van der Waals surface area contributed by atoms with Crippen molar-refractivity contribution in [2.75, 3.05) is 37.0 Å². The number of ether oxygens (including phenoxy) is 1. The zero-order valence-corrected chi connectivity index (χ0v) is 12.5. The van der Waals surface area contributed by atoms with E-state index in [1.54, 1.807) is 0 Å². The summed E-state index contributed by atoms with van der Waals surface area (Å²) >= 11 is 4.01. The number of thioether (sulfide) groups is 2. The van der Waals surface area contributed by atoms with E-state index in [1.807, 2.05) is 11.8 Å². The average molecular weight is 286 g/mol. The summed E-state index contributed by atoms with van der Waals surface area (Å²) in [5.41, 5.74) is 0.296. The number of amidine groups is 1. The number of nitrogens with zero attached hydrogens (tertiary/aromatic N) is 1. The molecule has 5 heteroatoms. The monoisotopic (exact) mass is 286 g/mol. The molecule has 1 spiro atoms. The van der Waals surface area contributed by atoms with Gasteiger partial charge in [-0.15, -0.1) is 0 Å². The first-order valence-electron chi connectivity index (χ1n) is 6.97. The molecule has 3 aliphatic rings. The molecule has 1 N–H and O–H groups in total. The quantitative estimate of drug-likeness (QED) is 0.845. The van der Waals surface area contributed by atoms with Gasteiger partial charge in [-0.1, -0.05) is 11.8 Å². The summed E-state index contributed by atoms with van der Waals surface area (Å²) in [6.45, 7) is 2.84. The molecule has 0 aliphatic carbocycles. The maximum Gasteiger partial charge on any atom is 0.157 e. The van der Waals surface area contributed by atoms with Gasteiger partial charge in [0.2, 0.25) is 0 Å². The number of aliphatic imine (C=N–C) groups is 1. The van der Waals surface area contributed by atoms with Crippen LogP contribution in [0.2, 0.25) is 0 Å². The Kier molecular flexibility index (Phi) is 4.42. The number of nitrogens with one attached hydrogen (secondary N) is 1. The van der Waals surface area contributed by atoms with E-state index >= 15 is 0 Å². The molecule has 0 bridgehead atoms. The standard InChI is InChI=1S/C13H22N2OS2/c1-7-17-8-2-11(1)9-14-12-15-13(10-18-12)3-5-16-6-4-13/h11H,1-10H2,(H,14,15). The van der Waals surface area contributed by atoms with Crippen molar-refractivity contribution < 1.29 is 4.74 Å². The second-order valence-corrected chi connectivity index (χ2v) is 7.70. The molecule has 3 fully saturated rings. The second kappa shape index (κ2) is 6.06. The van der Waals surface area contributed by atoms with E-state index in [0.29, 0.717) is 5.54 Å². The molecular weight excluding hydrogens is 264 g/mol. The molecule has 0 aromatic carbocycles. The van der Waals surface area contributed by atoms with Crippen molar-refractivity contribution >= 4 is 28.7 Å². The van der Waals surface area contributed by atoms with Gasteiger partial charge in [0.05, 0.1) is 5.54 Å². The van der Waals surface area contributed by atoms with Crippen molar-refractivity contribution in [1.29, 1.82) is 0 Å². The van der Waals surface area contributed by atoms with Crippen LogP contribution in [0, 0.1) is 5.92 Å². The Morgan fingerprint density at radius 3 is 2.83 bits per heavy atom. The topological polar surface area (TPSA) is 33.6 Å². The summed E-state index contributed by atoms with van der Waals surface area (Å²) < 4.78 is 5.46. The van der Waals surface area contributed by atoms with Crippen LogP contribution in [0.25, 0.3) is 0 Å². The molecule has 0 atom stereocenters. The highest BCUT2D eigenvalue weighted by Crippen LogP contribution is 2.32. The fourth-order valence-corrected chi connectivity index (χ4v) is 5.20. The van der Waals surface area contributed by atoms with Gasteiger partial charge < -0.3 is 10.1 Å². The Bertz CT molecular complexity index is 310. The van der Waals surface area contributed by atoms with Crippen molar-refractivity contribution in [1.82, 2.24) is 5.32 Å². The third kappa shape index (κ3) is 3.17. The molecule has 3 saturated heterocycles. The van der Waals surface area contributed by atoms with Crippen LogP contribution in [0.4, 0.5) is 0 Å². The van der Waals surface area contributed by atoms with Gasteiger partial charge in [-0.2, -0.15) is 11.8 Å². The minimum atomic E-state index is 0.296. The Hall–Kier alpha value is 0.130. The molecule has 0 aromatic rings. The summed E-state index contributed by atoms with van der Waals surface area (Å²) in [7, 11) is 0. The van der Waals surface area contributed by atoms with Gasteiger partial charge in [0.15, 0.2) is 5.17 Å². The van der Waals surface area contributed by atoms with Gasteiger partial charge >= 0.3 is 0 Å². The average Bonchev–Trinajstić information content (AvgIpc) is 2.82. The summed E-state index contributed by atoms with van der Waals surface area (Å²) in [4.78, 5) is 4.81. The molecular formula is C13H22N2OS2. The van der Waals surface area contributed by atoms with Crippen molar-refractivity contribution in [3.8, 4) is 0 Å². The lowest BCUT2D eigenvalue weighted by Crippen LogP contribution is -2.48. The van der Waals surface area contributed by atoms with Crippen LogP contribution < -0.4 is 5.32 Å². The minimum absolute atomic E-state index is 0.296. The molecule has 3 aliphatic heterocycles. The SMILES string of the molecule is C1CC2(CCO1)CSC(=NCC1CCSCC1)N2. The number of hydrogen-bond donors (Lipinski definition) is 1. The van der Waals surface area contributed by atoms with Crippen molar-refractivity contribution in [2.24, 2.45) is 10.9 Å². The first-order valence-corrected chi connectivity index (χ1v) is 9.11. The summed E-state index contributed by atoms with van der Waals surface area (Å²) in [6.07, 6.45) is 4.98. The minimum Gasteiger partial charge on any atom is -0.381 e. The smallest absolute Gasteiger partial charge is 0.157 e. The van der Waals surface area contributed by atoms with Gasteiger partial charge in [-0.3, -0.25) is 4.99 Å². The van der Waals surface area contributed by atoms with Gasteiger partial charge in [0.1, 0.15) is 0 Å². The van der Waals surface area contributed by atoms with Crippen molar-refractivity contribution in [3.63, 3.8) is 0 Å². The first-order chi connectivity index (χ1) is 8.86. The molecule has 18 heavy (non-hydrogen) atoms. The molecule has 3 rings (SSSR count). The summed E-state index contributed by atoms with van der Waals surface area (Å²) in [5, 5.41) is 4.86. The molecule has 0 amide bonds. The van der Waals surface area contributed by atoms with Crippen LogP contribution in [-0.4, -0.2) is 47.7 Å². The molecule has 3 nitrogen and oxygen atoms in total. The second-order valence-electron chi connectivity index (χ2n) is 5.51. The van der Waals surface area contributed by atoms with E-state index in [1.165, 1.54) is 35.3 Å². The van der Waals surface area contributed by atoms with Crippen molar-refractivity contribution in [2.45, 2.75) is 31.2 Å². The van der Waals surface area contributed by atoms with Crippen LogP contribution in [0.3, 0.4) is 0 Å². The molecule has 0 aromatic heterocycles. The highest BCUT2D eigenvalue weighted by atomic mass is 32.2. The van der Waals surface area contributed by atoms with E-state index < -0.39 is 0 Å². The van der Waals surface area contributed by atoms with Crippen LogP contribution >= 0.6 is 23.5 Å². The third-order valence-corrected chi connectivity index (χ3v) is 6.39. The predicted molar refractivity (Wildman–Crippen MR) is 80.7 cm³/mol. The largest absolute Gasteiger partial charge is 0.381 e. The Labute approximate surface area is 118 Å². The highest BCUT2D eigenvalue weighted by molar-refractivity contribution is 8.14. The van der Waals surface area contributed by atoms with Crippen molar-refractivity contribution in [3.05, 3.63) is 0 Å². The van der Waals surface area contributed by atoms with Crippen LogP contribution in [0.5, 0.6) is 0 Å². The van der Waals surface area contributed by atoms with Crippen LogP contribution in [0.15, 0.2) is 4.99 Å². The van der Waals surface area contributed by atoms with E-state index in [-0.39, 0.29) is 0 Å². The van der Waals surface area contributed by atoms with Gasteiger partial charge in [0, 0.05) is 25.5 Å². The molecule has 0 radical (unpaired) electrons. The molecule has 0 unspecified atom stereocenters. The lowest BCUT2D eigenvalue weighted by atomic mass is 9.93. The van der Waals surface area contributed by atoms with Gasteiger partial charge in [-0.05, 0) is 43.1 Å². The predicted octanol–water partition coefficient (Wildman–Crippen LogP) is 2.37. The maximum absolute atomic E-state index is 5.46. The lowest BCUT2D eigenvalue weighted by molar-refractivity contribution is 0.0555. The molecule has 0 saturated carbocycles. The van der Waals surface area contributed by atoms with E-state index in [9.17, 15) is 0 Å². The zero-order chi connectivity index (χ0) is 12.3. The van der Waals surface area contributed by atoms with E-state index in [0.717, 1.165) is 38.5 Å². The molecule has 102 valence electrons. The summed E-state index contributed by atoms with van der Waals surface area (Å²) in [5.74, 6) is 4.66. The van der Waals surface area contributed by atoms with E-state index in [4.69, 9.17) is 9.73 Å². The number of hydrogen-bond acceptors (Lipinski definition) is 4. The number of rotatable bonds is 2.